The zero-order chi connectivity index (χ0) is 12.2. The van der Waals surface area contributed by atoms with Crippen LogP contribution in [0.4, 0.5) is 0 Å². The molecule has 0 aromatic heterocycles. The molecule has 2 N–H and O–H groups in total. The summed E-state index contributed by atoms with van der Waals surface area (Å²) < 4.78 is 10.3. The molecule has 96 valence electrons. The Hall–Kier alpha value is -0.390. The molecular weight excluding hydrogens is 224 g/mol. The fraction of sp³-hybridized carbons (Fsp3) is 0.909. The molecule has 0 radical (unpaired) electrons. The Morgan fingerprint density at radius 1 is 1.38 bits per heavy atom. The Labute approximate surface area is 104 Å². The summed E-state index contributed by atoms with van der Waals surface area (Å²) in [5, 5.41) is 7.06. The van der Waals surface area contributed by atoms with E-state index in [9.17, 15) is 0 Å². The summed E-state index contributed by atoms with van der Waals surface area (Å²) in [7, 11) is 1.70. The Morgan fingerprint density at radius 3 is 2.69 bits per heavy atom. The van der Waals surface area contributed by atoms with E-state index < -0.39 is 0 Å². The number of hydrogen-bond donors (Lipinski definition) is 2. The lowest BCUT2D eigenvalue weighted by atomic mass is 10.2. The molecule has 0 aliphatic heterocycles. The fourth-order valence-corrected chi connectivity index (χ4v) is 1.49. The fourth-order valence-electron chi connectivity index (χ4n) is 1.22. The van der Waals surface area contributed by atoms with E-state index in [0.717, 1.165) is 32.6 Å². The quantitative estimate of drug-likeness (QED) is 0.475. The number of nitrogens with one attached hydrogen (secondary N) is 2. The molecule has 5 heteroatoms. The van der Waals surface area contributed by atoms with Gasteiger partial charge in [0.05, 0.1) is 12.6 Å². The lowest BCUT2D eigenvalue weighted by Gasteiger charge is -2.18. The second-order valence-corrected chi connectivity index (χ2v) is 3.92. The smallest absolute Gasteiger partial charge is 0.166 e. The normalized spacial score (nSPS) is 12.2. The molecule has 16 heavy (non-hydrogen) atoms. The van der Waals surface area contributed by atoms with E-state index in [1.54, 1.807) is 7.11 Å². The molecule has 0 fully saturated rings. The molecule has 0 bridgehead atoms. The van der Waals surface area contributed by atoms with Crippen LogP contribution in [0.2, 0.25) is 0 Å². The van der Waals surface area contributed by atoms with Gasteiger partial charge in [0.1, 0.15) is 0 Å². The first-order valence-corrected chi connectivity index (χ1v) is 6.26. The number of methoxy groups -OCH3 is 1. The maximum atomic E-state index is 5.23. The average molecular weight is 248 g/mol. The van der Waals surface area contributed by atoms with Gasteiger partial charge in [-0.2, -0.15) is 0 Å². The molecule has 0 aromatic rings. The largest absolute Gasteiger partial charge is 0.383 e. The third kappa shape index (κ3) is 8.88. The van der Waals surface area contributed by atoms with Crippen LogP contribution in [0.1, 0.15) is 26.7 Å². The van der Waals surface area contributed by atoms with Crippen molar-refractivity contribution in [3.05, 3.63) is 0 Å². The molecule has 0 spiro atoms. The molecule has 0 heterocycles. The zero-order valence-electron chi connectivity index (χ0n) is 10.5. The molecule has 0 amide bonds. The van der Waals surface area contributed by atoms with E-state index in [0.29, 0.717) is 11.7 Å². The van der Waals surface area contributed by atoms with Crippen molar-refractivity contribution < 1.29 is 9.47 Å². The highest BCUT2D eigenvalue weighted by Crippen LogP contribution is 1.91. The number of hydrogen-bond acceptors (Lipinski definition) is 3. The van der Waals surface area contributed by atoms with Crippen LogP contribution in [0.25, 0.3) is 0 Å². The van der Waals surface area contributed by atoms with E-state index >= 15 is 0 Å². The highest BCUT2D eigenvalue weighted by Gasteiger charge is 2.06. The Balaban J connectivity index is 3.48. The summed E-state index contributed by atoms with van der Waals surface area (Å²) in [5.41, 5.74) is 0. The van der Waals surface area contributed by atoms with E-state index in [4.69, 9.17) is 21.7 Å². The second-order valence-electron chi connectivity index (χ2n) is 3.51. The third-order valence-electron chi connectivity index (χ3n) is 2.15. The zero-order valence-corrected chi connectivity index (χ0v) is 11.4. The molecule has 0 aliphatic carbocycles. The molecular formula is C11H24N2O2S. The van der Waals surface area contributed by atoms with Crippen LogP contribution >= 0.6 is 12.2 Å². The van der Waals surface area contributed by atoms with Gasteiger partial charge in [0.2, 0.25) is 0 Å². The van der Waals surface area contributed by atoms with Gasteiger partial charge in [-0.15, -0.1) is 0 Å². The molecule has 0 aromatic carbocycles. The standard InChI is InChI=1S/C11H24N2O2S/c1-4-10(9-14-3)13-11(16)12-7-6-8-15-5-2/h10H,4-9H2,1-3H3,(H2,12,13,16). The molecule has 0 rings (SSSR count). The minimum absolute atomic E-state index is 0.289. The number of ether oxygens (including phenoxy) is 2. The maximum absolute atomic E-state index is 5.23. The van der Waals surface area contributed by atoms with Gasteiger partial charge in [-0.25, -0.2) is 0 Å². The van der Waals surface area contributed by atoms with E-state index in [1.807, 2.05) is 6.92 Å². The maximum Gasteiger partial charge on any atom is 0.166 e. The molecule has 1 unspecified atom stereocenters. The first kappa shape index (κ1) is 15.6. The summed E-state index contributed by atoms with van der Waals surface area (Å²) in [4.78, 5) is 0. The van der Waals surface area contributed by atoms with Gasteiger partial charge in [0, 0.05) is 26.9 Å². The minimum Gasteiger partial charge on any atom is -0.383 e. The van der Waals surface area contributed by atoms with E-state index in [1.165, 1.54) is 0 Å². The topological polar surface area (TPSA) is 42.5 Å². The van der Waals surface area contributed by atoms with Gasteiger partial charge < -0.3 is 20.1 Å². The van der Waals surface area contributed by atoms with Gasteiger partial charge in [0.25, 0.3) is 0 Å². The molecule has 0 saturated heterocycles. The van der Waals surface area contributed by atoms with E-state index in [-0.39, 0.29) is 6.04 Å². The van der Waals surface area contributed by atoms with Gasteiger partial charge in [0.15, 0.2) is 5.11 Å². The Morgan fingerprint density at radius 2 is 2.12 bits per heavy atom. The summed E-state index contributed by atoms with van der Waals surface area (Å²) in [6, 6.07) is 0.289. The lowest BCUT2D eigenvalue weighted by molar-refractivity contribution is 0.145. The van der Waals surface area contributed by atoms with Crippen LogP contribution in [0.3, 0.4) is 0 Å². The predicted octanol–water partition coefficient (Wildman–Crippen LogP) is 1.30. The van der Waals surface area contributed by atoms with E-state index in [2.05, 4.69) is 17.6 Å². The summed E-state index contributed by atoms with van der Waals surface area (Å²) in [6.07, 6.45) is 1.96. The first-order valence-electron chi connectivity index (χ1n) is 5.85. The predicted molar refractivity (Wildman–Crippen MR) is 70.8 cm³/mol. The number of thiocarbonyl (C=S) groups is 1. The van der Waals surface area contributed by atoms with Crippen LogP contribution in [0, 0.1) is 0 Å². The summed E-state index contributed by atoms with van der Waals surface area (Å²) >= 11 is 5.17. The van der Waals surface area contributed by atoms with Crippen molar-refractivity contribution in [2.75, 3.05) is 33.5 Å². The lowest BCUT2D eigenvalue weighted by Crippen LogP contribution is -2.44. The van der Waals surface area contributed by atoms with Crippen LogP contribution in [0.15, 0.2) is 0 Å². The van der Waals surface area contributed by atoms with Gasteiger partial charge in [-0.3, -0.25) is 0 Å². The third-order valence-corrected chi connectivity index (χ3v) is 2.41. The Kier molecular flexibility index (Phi) is 10.8. The van der Waals surface area contributed by atoms with Crippen molar-refractivity contribution in [3.8, 4) is 0 Å². The summed E-state index contributed by atoms with van der Waals surface area (Å²) in [6.45, 7) is 7.17. The highest BCUT2D eigenvalue weighted by atomic mass is 32.1. The molecule has 1 atom stereocenters. The van der Waals surface area contributed by atoms with Crippen molar-refractivity contribution in [1.29, 1.82) is 0 Å². The van der Waals surface area contributed by atoms with Crippen LogP contribution < -0.4 is 10.6 Å². The molecule has 0 aliphatic rings. The van der Waals surface area contributed by atoms with Gasteiger partial charge >= 0.3 is 0 Å². The second kappa shape index (κ2) is 11.1. The monoisotopic (exact) mass is 248 g/mol. The van der Waals surface area contributed by atoms with Gasteiger partial charge in [-0.05, 0) is 32.0 Å². The number of rotatable bonds is 9. The molecule has 0 saturated carbocycles. The molecule has 4 nitrogen and oxygen atoms in total. The van der Waals surface area contributed by atoms with Crippen LogP contribution in [-0.2, 0) is 9.47 Å². The minimum atomic E-state index is 0.289. The van der Waals surface area contributed by atoms with Crippen molar-refractivity contribution in [1.82, 2.24) is 10.6 Å². The van der Waals surface area contributed by atoms with Crippen LogP contribution in [0.5, 0.6) is 0 Å². The van der Waals surface area contributed by atoms with Crippen molar-refractivity contribution in [3.63, 3.8) is 0 Å². The highest BCUT2D eigenvalue weighted by molar-refractivity contribution is 7.80. The van der Waals surface area contributed by atoms with Crippen LogP contribution in [-0.4, -0.2) is 44.6 Å². The summed E-state index contributed by atoms with van der Waals surface area (Å²) in [5.74, 6) is 0. The van der Waals surface area contributed by atoms with Crippen molar-refractivity contribution in [2.24, 2.45) is 0 Å². The van der Waals surface area contributed by atoms with Crippen molar-refractivity contribution >= 4 is 17.3 Å². The first-order chi connectivity index (χ1) is 7.74. The van der Waals surface area contributed by atoms with Crippen molar-refractivity contribution in [2.45, 2.75) is 32.7 Å². The average Bonchev–Trinajstić information content (AvgIpc) is 2.28. The van der Waals surface area contributed by atoms with Gasteiger partial charge in [-0.1, -0.05) is 6.92 Å². The SMILES string of the molecule is CCOCCCNC(=S)NC(CC)COC. The Bertz CT molecular complexity index is 179.